The van der Waals surface area contributed by atoms with Crippen molar-refractivity contribution in [1.29, 1.82) is 0 Å². The molecule has 11 heteroatoms. The zero-order chi connectivity index (χ0) is 23.3. The highest BCUT2D eigenvalue weighted by Gasteiger charge is 2.21. The van der Waals surface area contributed by atoms with Crippen molar-refractivity contribution in [3.05, 3.63) is 78.9 Å². The number of esters is 1. The third-order valence-electron chi connectivity index (χ3n) is 5.06. The number of nitrogens with zero attached hydrogens (tertiary/aromatic N) is 3. The molecule has 0 aromatic heterocycles. The third-order valence-corrected chi connectivity index (χ3v) is 5.06. The highest BCUT2D eigenvalue weighted by molar-refractivity contribution is 5.95. The number of carbonyl (C=O) groups excluding carboxylic acids is 2. The van der Waals surface area contributed by atoms with Crippen molar-refractivity contribution in [3.63, 3.8) is 0 Å². The Morgan fingerprint density at radius 2 is 1.75 bits per heavy atom. The Balaban J connectivity index is 1.65. The third kappa shape index (κ3) is 5.64. The van der Waals surface area contributed by atoms with E-state index >= 15 is 0 Å². The maximum atomic E-state index is 12.4. The highest BCUT2D eigenvalue weighted by atomic mass is 16.6. The summed E-state index contributed by atoms with van der Waals surface area (Å²) in [7, 11) is 0. The summed E-state index contributed by atoms with van der Waals surface area (Å²) in [5, 5.41) is 24.7. The van der Waals surface area contributed by atoms with Gasteiger partial charge in [-0.05, 0) is 30.0 Å². The summed E-state index contributed by atoms with van der Waals surface area (Å²) in [6, 6.07) is 8.58. The fourth-order valence-electron chi connectivity index (χ4n) is 3.52. The van der Waals surface area contributed by atoms with Crippen LogP contribution in [0.4, 0.5) is 11.4 Å². The van der Waals surface area contributed by atoms with Gasteiger partial charge in [0.2, 0.25) is 0 Å². The standard InChI is InChI=1S/C21H22N4O7/c1-2-32-20(26)13-23-6-5-15-7-14(3-4-16(15)12-23)11-22-21(27)17-8-18(24(28)29)10-19(9-17)25(30)31/h3-4,7-10H,2,5-6,11-13H2,1H3,(H,22,27). The Morgan fingerprint density at radius 1 is 1.06 bits per heavy atom. The molecule has 3 rings (SSSR count). The van der Waals surface area contributed by atoms with E-state index in [0.29, 0.717) is 19.7 Å². The summed E-state index contributed by atoms with van der Waals surface area (Å²) in [5.41, 5.74) is 1.83. The molecule has 0 bridgehead atoms. The van der Waals surface area contributed by atoms with Crippen LogP contribution in [-0.4, -0.2) is 46.3 Å². The van der Waals surface area contributed by atoms with Crippen LogP contribution in [0, 0.1) is 20.2 Å². The lowest BCUT2D eigenvalue weighted by Gasteiger charge is -2.28. The number of rotatable bonds is 8. The molecule has 2 aromatic carbocycles. The predicted molar refractivity (Wildman–Crippen MR) is 113 cm³/mol. The molecule has 1 heterocycles. The molecule has 1 aliphatic rings. The van der Waals surface area contributed by atoms with Crippen molar-refractivity contribution >= 4 is 23.3 Å². The Bertz CT molecular complexity index is 1040. The van der Waals surface area contributed by atoms with Gasteiger partial charge in [0.1, 0.15) is 0 Å². The van der Waals surface area contributed by atoms with Gasteiger partial charge in [0, 0.05) is 31.8 Å². The van der Waals surface area contributed by atoms with Crippen molar-refractivity contribution in [2.75, 3.05) is 19.7 Å². The molecule has 2 aromatic rings. The average Bonchev–Trinajstić information content (AvgIpc) is 2.77. The lowest BCUT2D eigenvalue weighted by atomic mass is 9.97. The van der Waals surface area contributed by atoms with Crippen LogP contribution in [0.3, 0.4) is 0 Å². The van der Waals surface area contributed by atoms with E-state index in [0.717, 1.165) is 41.3 Å². The summed E-state index contributed by atoms with van der Waals surface area (Å²) in [6.45, 7) is 3.85. The number of nitrogens with one attached hydrogen (secondary N) is 1. The van der Waals surface area contributed by atoms with Crippen molar-refractivity contribution in [2.45, 2.75) is 26.4 Å². The minimum absolute atomic E-state index is 0.154. The Kier molecular flexibility index (Phi) is 7.11. The first-order valence-corrected chi connectivity index (χ1v) is 9.97. The molecule has 1 N–H and O–H groups in total. The van der Waals surface area contributed by atoms with Gasteiger partial charge in [-0.2, -0.15) is 0 Å². The topological polar surface area (TPSA) is 145 Å². The molecule has 0 spiro atoms. The molecule has 0 fully saturated rings. The number of ether oxygens (including phenoxy) is 1. The van der Waals surface area contributed by atoms with Crippen LogP contribution in [0.1, 0.15) is 34.0 Å². The van der Waals surface area contributed by atoms with Gasteiger partial charge in [0.25, 0.3) is 17.3 Å². The van der Waals surface area contributed by atoms with Gasteiger partial charge >= 0.3 is 5.97 Å². The fourth-order valence-corrected chi connectivity index (χ4v) is 3.52. The van der Waals surface area contributed by atoms with Crippen LogP contribution in [-0.2, 0) is 29.0 Å². The molecule has 0 radical (unpaired) electrons. The monoisotopic (exact) mass is 442 g/mol. The maximum absolute atomic E-state index is 12.4. The number of hydrogen-bond acceptors (Lipinski definition) is 8. The number of benzene rings is 2. The summed E-state index contributed by atoms with van der Waals surface area (Å²) >= 11 is 0. The second-order valence-electron chi connectivity index (χ2n) is 7.30. The molecule has 0 saturated carbocycles. The minimum Gasteiger partial charge on any atom is -0.465 e. The van der Waals surface area contributed by atoms with Crippen LogP contribution < -0.4 is 5.32 Å². The van der Waals surface area contributed by atoms with E-state index in [4.69, 9.17) is 4.74 Å². The minimum atomic E-state index is -0.779. The molecular weight excluding hydrogens is 420 g/mol. The lowest BCUT2D eigenvalue weighted by molar-refractivity contribution is -0.394. The molecule has 168 valence electrons. The molecule has 0 aliphatic carbocycles. The van der Waals surface area contributed by atoms with E-state index in [1.54, 1.807) is 6.92 Å². The lowest BCUT2D eigenvalue weighted by Crippen LogP contribution is -2.35. The highest BCUT2D eigenvalue weighted by Crippen LogP contribution is 2.23. The van der Waals surface area contributed by atoms with Gasteiger partial charge in [0.05, 0.1) is 34.6 Å². The van der Waals surface area contributed by atoms with E-state index in [9.17, 15) is 29.8 Å². The molecule has 0 atom stereocenters. The van der Waals surface area contributed by atoms with Crippen molar-refractivity contribution in [3.8, 4) is 0 Å². The van der Waals surface area contributed by atoms with Gasteiger partial charge in [-0.25, -0.2) is 0 Å². The second kappa shape index (κ2) is 9.96. The van der Waals surface area contributed by atoms with E-state index in [2.05, 4.69) is 5.32 Å². The Morgan fingerprint density at radius 3 is 2.38 bits per heavy atom. The Labute approximate surface area is 183 Å². The molecule has 0 unspecified atom stereocenters. The summed E-state index contributed by atoms with van der Waals surface area (Å²) in [5.74, 6) is -0.896. The van der Waals surface area contributed by atoms with Crippen LogP contribution in [0.25, 0.3) is 0 Å². The normalized spacial score (nSPS) is 13.2. The van der Waals surface area contributed by atoms with Gasteiger partial charge in [-0.3, -0.25) is 34.7 Å². The molecule has 1 aliphatic heterocycles. The van der Waals surface area contributed by atoms with Crippen LogP contribution >= 0.6 is 0 Å². The van der Waals surface area contributed by atoms with Crippen LogP contribution in [0.2, 0.25) is 0 Å². The number of carbonyl (C=O) groups is 2. The zero-order valence-corrected chi connectivity index (χ0v) is 17.4. The molecule has 0 saturated heterocycles. The van der Waals surface area contributed by atoms with Crippen molar-refractivity contribution in [2.24, 2.45) is 0 Å². The summed E-state index contributed by atoms with van der Waals surface area (Å²) < 4.78 is 4.99. The molecule has 1 amide bonds. The van der Waals surface area contributed by atoms with Crippen molar-refractivity contribution in [1.82, 2.24) is 10.2 Å². The number of hydrogen-bond donors (Lipinski definition) is 1. The zero-order valence-electron chi connectivity index (χ0n) is 17.4. The molecular formula is C21H22N4O7. The number of nitro benzene ring substituents is 2. The van der Waals surface area contributed by atoms with Gasteiger partial charge in [0.15, 0.2) is 0 Å². The fraction of sp³-hybridized carbons (Fsp3) is 0.333. The number of non-ortho nitro benzene ring substituents is 2. The van der Waals surface area contributed by atoms with E-state index < -0.39 is 27.1 Å². The van der Waals surface area contributed by atoms with E-state index in [1.807, 2.05) is 23.1 Å². The quantitative estimate of drug-likeness (QED) is 0.372. The smallest absolute Gasteiger partial charge is 0.320 e. The SMILES string of the molecule is CCOC(=O)CN1CCc2cc(CNC(=O)c3cc([N+](=O)[O-])cc([N+](=O)[O-])c3)ccc2C1. The van der Waals surface area contributed by atoms with Crippen molar-refractivity contribution < 1.29 is 24.2 Å². The first-order valence-electron chi connectivity index (χ1n) is 9.97. The summed E-state index contributed by atoms with van der Waals surface area (Å²) in [4.78, 5) is 46.6. The molecule has 32 heavy (non-hydrogen) atoms. The number of amides is 1. The van der Waals surface area contributed by atoms with E-state index in [1.165, 1.54) is 0 Å². The number of fused-ring (bicyclic) bond motifs is 1. The second-order valence-corrected chi connectivity index (χ2v) is 7.30. The van der Waals surface area contributed by atoms with E-state index in [-0.39, 0.29) is 24.6 Å². The van der Waals surface area contributed by atoms with Gasteiger partial charge in [-0.15, -0.1) is 0 Å². The largest absolute Gasteiger partial charge is 0.465 e. The van der Waals surface area contributed by atoms with Gasteiger partial charge in [-0.1, -0.05) is 18.2 Å². The van der Waals surface area contributed by atoms with Crippen LogP contribution in [0.5, 0.6) is 0 Å². The number of nitro groups is 2. The molecule has 11 nitrogen and oxygen atoms in total. The van der Waals surface area contributed by atoms with Gasteiger partial charge < -0.3 is 10.1 Å². The first-order chi connectivity index (χ1) is 15.3. The summed E-state index contributed by atoms with van der Waals surface area (Å²) in [6.07, 6.45) is 0.744. The average molecular weight is 442 g/mol. The maximum Gasteiger partial charge on any atom is 0.320 e. The Hall–Kier alpha value is -3.86. The predicted octanol–water partition coefficient (Wildman–Crippen LogP) is 2.35. The first kappa shape index (κ1) is 22.8. The van der Waals surface area contributed by atoms with Crippen LogP contribution in [0.15, 0.2) is 36.4 Å².